The fourth-order valence-electron chi connectivity index (χ4n) is 2.38. The molecule has 0 aromatic heterocycles. The van der Waals surface area contributed by atoms with Gasteiger partial charge in [0, 0.05) is 5.92 Å². The van der Waals surface area contributed by atoms with Crippen molar-refractivity contribution in [1.29, 1.82) is 0 Å². The van der Waals surface area contributed by atoms with Crippen molar-refractivity contribution in [3.05, 3.63) is 35.9 Å². The lowest BCUT2D eigenvalue weighted by Crippen LogP contribution is -2.58. The molecule has 1 fully saturated rings. The molecule has 1 heterocycles. The first-order valence-corrected chi connectivity index (χ1v) is 6.94. The van der Waals surface area contributed by atoms with Gasteiger partial charge in [0.1, 0.15) is 0 Å². The molecule has 0 spiro atoms. The van der Waals surface area contributed by atoms with E-state index >= 15 is 0 Å². The number of benzene rings is 1. The molecule has 1 saturated heterocycles. The zero-order valence-electron chi connectivity index (χ0n) is 11.8. The highest BCUT2D eigenvalue weighted by molar-refractivity contribution is 5.16. The number of ether oxygens (including phenoxy) is 2. The van der Waals surface area contributed by atoms with Crippen LogP contribution in [-0.2, 0) is 9.47 Å². The van der Waals surface area contributed by atoms with E-state index in [1.807, 2.05) is 44.2 Å². The van der Waals surface area contributed by atoms with Gasteiger partial charge in [0.2, 0.25) is 0 Å². The van der Waals surface area contributed by atoms with Crippen molar-refractivity contribution in [3.63, 3.8) is 0 Å². The summed E-state index contributed by atoms with van der Waals surface area (Å²) in [6.07, 6.45) is -2.39. The van der Waals surface area contributed by atoms with E-state index in [1.165, 1.54) is 0 Å². The van der Waals surface area contributed by atoms with Crippen LogP contribution in [0.2, 0.25) is 0 Å². The summed E-state index contributed by atoms with van der Waals surface area (Å²) in [5, 5.41) is 19.6. The van der Waals surface area contributed by atoms with Gasteiger partial charge in [-0.15, -0.1) is 0 Å². The normalized spacial score (nSPS) is 35.8. The Morgan fingerprint density at radius 2 is 1.95 bits per heavy atom. The van der Waals surface area contributed by atoms with E-state index in [1.54, 1.807) is 0 Å². The molecule has 1 aliphatic rings. The number of nitrogens with two attached hydrogens (primary N) is 1. The van der Waals surface area contributed by atoms with E-state index in [0.29, 0.717) is 6.61 Å². The van der Waals surface area contributed by atoms with Crippen molar-refractivity contribution in [2.45, 2.75) is 44.5 Å². The van der Waals surface area contributed by atoms with Crippen LogP contribution >= 0.6 is 0 Å². The highest BCUT2D eigenvalue weighted by Gasteiger charge is 2.40. The number of aliphatic hydroxyl groups is 2. The highest BCUT2D eigenvalue weighted by Crippen LogP contribution is 2.26. The first-order valence-electron chi connectivity index (χ1n) is 6.94. The van der Waals surface area contributed by atoms with E-state index < -0.39 is 18.4 Å². The largest absolute Gasteiger partial charge is 0.391 e. The Bertz CT molecular complexity index is 414. The van der Waals surface area contributed by atoms with Crippen molar-refractivity contribution in [1.82, 2.24) is 0 Å². The molecule has 0 amide bonds. The maximum Gasteiger partial charge on any atom is 0.172 e. The predicted molar refractivity (Wildman–Crippen MR) is 74.8 cm³/mol. The van der Waals surface area contributed by atoms with Gasteiger partial charge in [-0.3, -0.25) is 0 Å². The summed E-state index contributed by atoms with van der Waals surface area (Å²) in [6.45, 7) is 4.11. The summed E-state index contributed by atoms with van der Waals surface area (Å²) in [7, 11) is 0. The summed E-state index contributed by atoms with van der Waals surface area (Å²) >= 11 is 0. The summed E-state index contributed by atoms with van der Waals surface area (Å²) < 4.78 is 11.2. The maximum atomic E-state index is 9.95. The van der Waals surface area contributed by atoms with Crippen LogP contribution < -0.4 is 5.73 Å². The molecule has 1 aliphatic heterocycles. The molecule has 2 rings (SSSR count). The average Bonchev–Trinajstić information content (AvgIpc) is 2.48. The van der Waals surface area contributed by atoms with Crippen LogP contribution in [0, 0.1) is 5.92 Å². The predicted octanol–water partition coefficient (Wildman–Crippen LogP) is 0.806. The fraction of sp³-hybridized carbons (Fsp3) is 0.600. The minimum atomic E-state index is -1.15. The third kappa shape index (κ3) is 3.37. The van der Waals surface area contributed by atoms with Crippen LogP contribution in [0.4, 0.5) is 0 Å². The molecule has 112 valence electrons. The van der Waals surface area contributed by atoms with Gasteiger partial charge in [-0.1, -0.05) is 37.3 Å². The molecule has 0 bridgehead atoms. The van der Waals surface area contributed by atoms with E-state index in [2.05, 4.69) is 0 Å². The first-order chi connectivity index (χ1) is 9.50. The van der Waals surface area contributed by atoms with Gasteiger partial charge in [0.05, 0.1) is 31.0 Å². The van der Waals surface area contributed by atoms with Crippen molar-refractivity contribution in [2.24, 2.45) is 11.7 Å². The van der Waals surface area contributed by atoms with Crippen LogP contribution in [0.1, 0.15) is 25.5 Å². The molecule has 20 heavy (non-hydrogen) atoms. The lowest BCUT2D eigenvalue weighted by molar-refractivity contribution is -0.235. The van der Waals surface area contributed by atoms with Crippen molar-refractivity contribution in [2.75, 3.05) is 6.61 Å². The quantitative estimate of drug-likeness (QED) is 0.760. The molecule has 6 atom stereocenters. The Morgan fingerprint density at radius 3 is 2.60 bits per heavy atom. The second-order valence-electron chi connectivity index (χ2n) is 5.38. The van der Waals surface area contributed by atoms with Gasteiger partial charge in [0.25, 0.3) is 0 Å². The van der Waals surface area contributed by atoms with E-state index in [-0.39, 0.29) is 18.1 Å². The maximum absolute atomic E-state index is 9.95. The van der Waals surface area contributed by atoms with Gasteiger partial charge in [-0.2, -0.15) is 0 Å². The van der Waals surface area contributed by atoms with Crippen molar-refractivity contribution < 1.29 is 19.7 Å². The molecule has 0 aliphatic carbocycles. The smallest absolute Gasteiger partial charge is 0.172 e. The fourth-order valence-corrected chi connectivity index (χ4v) is 2.38. The molecule has 4 N–H and O–H groups in total. The number of hydrogen-bond acceptors (Lipinski definition) is 5. The minimum absolute atomic E-state index is 0.0723. The second-order valence-corrected chi connectivity index (χ2v) is 5.38. The molecule has 6 unspecified atom stereocenters. The molecular formula is C15H23NO4. The molecular weight excluding hydrogens is 258 g/mol. The van der Waals surface area contributed by atoms with E-state index in [4.69, 9.17) is 15.2 Å². The van der Waals surface area contributed by atoms with E-state index in [0.717, 1.165) is 5.56 Å². The molecule has 5 nitrogen and oxygen atoms in total. The number of aliphatic hydroxyl groups excluding tert-OH is 2. The molecule has 1 aromatic carbocycles. The Kier molecular flexibility index (Phi) is 5.12. The van der Waals surface area contributed by atoms with Crippen molar-refractivity contribution in [3.8, 4) is 0 Å². The Labute approximate surface area is 119 Å². The zero-order valence-corrected chi connectivity index (χ0v) is 11.8. The average molecular weight is 281 g/mol. The lowest BCUT2D eigenvalue weighted by atomic mass is 9.90. The van der Waals surface area contributed by atoms with Crippen LogP contribution in [0.3, 0.4) is 0 Å². The Morgan fingerprint density at radius 1 is 1.30 bits per heavy atom. The third-order valence-corrected chi connectivity index (χ3v) is 3.94. The minimum Gasteiger partial charge on any atom is -0.391 e. The Balaban J connectivity index is 1.90. The zero-order chi connectivity index (χ0) is 14.7. The van der Waals surface area contributed by atoms with Crippen LogP contribution in [0.15, 0.2) is 30.3 Å². The summed E-state index contributed by atoms with van der Waals surface area (Å²) in [4.78, 5) is 0. The van der Waals surface area contributed by atoms with Crippen molar-refractivity contribution >= 4 is 0 Å². The number of hydrogen-bond donors (Lipinski definition) is 3. The Hall–Kier alpha value is -0.980. The lowest BCUT2D eigenvalue weighted by Gasteiger charge is -2.40. The highest BCUT2D eigenvalue weighted by atomic mass is 16.6. The van der Waals surface area contributed by atoms with Crippen LogP contribution in [0.25, 0.3) is 0 Å². The monoisotopic (exact) mass is 281 g/mol. The standard InChI is InChI=1S/C15H23NO4/c1-9-12(20-15(18)13(16)14(9)17)8-19-10(2)11-6-4-3-5-7-11/h3-7,9-10,12-15,17-18H,8,16H2,1-2H3. The van der Waals surface area contributed by atoms with Gasteiger partial charge in [-0.25, -0.2) is 0 Å². The van der Waals surface area contributed by atoms with Crippen LogP contribution in [-0.4, -0.2) is 41.4 Å². The molecule has 1 aromatic rings. The second kappa shape index (κ2) is 6.65. The summed E-state index contributed by atoms with van der Waals surface area (Å²) in [5.41, 5.74) is 6.73. The van der Waals surface area contributed by atoms with Gasteiger partial charge < -0.3 is 25.4 Å². The molecule has 0 saturated carbocycles. The van der Waals surface area contributed by atoms with Crippen LogP contribution in [0.5, 0.6) is 0 Å². The van der Waals surface area contributed by atoms with E-state index in [9.17, 15) is 10.2 Å². The SMILES string of the molecule is CC(OCC1OC(O)C(N)C(O)C1C)c1ccccc1. The van der Waals surface area contributed by atoms with Gasteiger partial charge in [-0.05, 0) is 12.5 Å². The third-order valence-electron chi connectivity index (χ3n) is 3.94. The topological polar surface area (TPSA) is 84.9 Å². The summed E-state index contributed by atoms with van der Waals surface area (Å²) in [6, 6.07) is 9.09. The molecule has 5 heteroatoms. The first kappa shape index (κ1) is 15.4. The van der Waals surface area contributed by atoms with Gasteiger partial charge >= 0.3 is 0 Å². The van der Waals surface area contributed by atoms with Gasteiger partial charge in [0.15, 0.2) is 6.29 Å². The molecule has 0 radical (unpaired) electrons. The number of rotatable bonds is 4. The summed E-state index contributed by atoms with van der Waals surface area (Å²) in [5.74, 6) is -0.184.